The van der Waals surface area contributed by atoms with Crippen LogP contribution in [0.5, 0.6) is 5.75 Å². The minimum Gasteiger partial charge on any atom is -0.858 e. The molecule has 1 N–H and O–H groups in total. The zero-order chi connectivity index (χ0) is 14.8. The second kappa shape index (κ2) is 5.54. The van der Waals surface area contributed by atoms with Gasteiger partial charge in [-0.25, -0.2) is 4.59 Å². The van der Waals surface area contributed by atoms with Crippen molar-refractivity contribution < 1.29 is 14.4 Å². The average molecular weight is 275 g/mol. The third kappa shape index (κ3) is 3.30. The summed E-state index contributed by atoms with van der Waals surface area (Å²) in [7, 11) is 5.52. The molecule has 0 unspecified atom stereocenters. The summed E-state index contributed by atoms with van der Waals surface area (Å²) in [4.78, 5) is 3.26. The molecule has 0 aliphatic heterocycles. The summed E-state index contributed by atoms with van der Waals surface area (Å²) in [6.07, 6.45) is 2.86. The van der Waals surface area contributed by atoms with E-state index in [1.54, 1.807) is 7.11 Å². The molecule has 1 aromatic carbocycles. The van der Waals surface area contributed by atoms with Gasteiger partial charge in [-0.15, -0.1) is 5.10 Å². The number of nitrogens with one attached hydrogen (secondary N) is 1. The predicted octanol–water partition coefficient (Wildman–Crippen LogP) is 1.49. The molecule has 0 aliphatic rings. The van der Waals surface area contributed by atoms with Crippen LogP contribution in [-0.2, 0) is 6.42 Å². The maximum Gasteiger partial charge on any atom is 0.119 e. The van der Waals surface area contributed by atoms with Gasteiger partial charge in [0.1, 0.15) is 12.3 Å². The molecule has 2 aromatic rings. The number of aromatic amines is 1. The monoisotopic (exact) mass is 275 g/mol. The van der Waals surface area contributed by atoms with E-state index in [1.807, 2.05) is 38.5 Å². The first-order valence-corrected chi connectivity index (χ1v) is 6.62. The van der Waals surface area contributed by atoms with Crippen LogP contribution in [-0.4, -0.2) is 43.2 Å². The Bertz CT molecular complexity index is 625. The van der Waals surface area contributed by atoms with Crippen LogP contribution in [0.25, 0.3) is 10.9 Å². The maximum absolute atomic E-state index is 11.1. The van der Waals surface area contributed by atoms with Gasteiger partial charge >= 0.3 is 0 Å². The molecular weight excluding hydrogens is 254 g/mol. The summed E-state index contributed by atoms with van der Waals surface area (Å²) < 4.78 is 5.60. The van der Waals surface area contributed by atoms with E-state index in [0.29, 0.717) is 4.59 Å². The molecule has 0 aliphatic carbocycles. The number of hydrogen-bond acceptors (Lipinski definition) is 3. The number of rotatable bonds is 5. The molecular formula is C15H21N3O2. The molecule has 20 heavy (non-hydrogen) atoms. The number of nitrogens with zero attached hydrogens (tertiary/aromatic N) is 2. The molecule has 0 spiro atoms. The van der Waals surface area contributed by atoms with Crippen molar-refractivity contribution in [2.24, 2.45) is 5.10 Å². The van der Waals surface area contributed by atoms with Gasteiger partial charge in [-0.05, 0) is 30.7 Å². The predicted molar refractivity (Wildman–Crippen MR) is 78.6 cm³/mol. The van der Waals surface area contributed by atoms with Gasteiger partial charge in [-0.2, -0.15) is 0 Å². The number of benzene rings is 1. The summed E-state index contributed by atoms with van der Waals surface area (Å²) in [5.41, 5.74) is 2.30. The second-order valence-electron chi connectivity index (χ2n) is 5.44. The van der Waals surface area contributed by atoms with Crippen LogP contribution in [0.3, 0.4) is 0 Å². The number of hydrogen-bond donors (Lipinski definition) is 1. The molecule has 1 aromatic heterocycles. The van der Waals surface area contributed by atoms with Gasteiger partial charge in [-0.1, -0.05) is 0 Å². The van der Waals surface area contributed by atoms with Crippen LogP contribution in [0.4, 0.5) is 0 Å². The Hall–Kier alpha value is -2.01. The zero-order valence-electron chi connectivity index (χ0n) is 12.4. The Labute approximate surface area is 119 Å². The Morgan fingerprint density at radius 3 is 2.80 bits per heavy atom. The van der Waals surface area contributed by atoms with E-state index < -0.39 is 0 Å². The molecule has 0 saturated carbocycles. The van der Waals surface area contributed by atoms with Crippen LogP contribution < -0.4 is 9.84 Å². The molecule has 0 atom stereocenters. The lowest BCUT2D eigenvalue weighted by Gasteiger charge is -2.24. The van der Waals surface area contributed by atoms with Gasteiger partial charge < -0.3 is 14.8 Å². The number of ether oxygens (including phenoxy) is 1. The highest BCUT2D eigenvalue weighted by molar-refractivity contribution is 5.84. The first kappa shape index (κ1) is 14.4. The Morgan fingerprint density at radius 1 is 1.40 bits per heavy atom. The maximum atomic E-state index is 11.1. The van der Waals surface area contributed by atoms with E-state index in [2.05, 4.69) is 10.1 Å². The minimum absolute atomic E-state index is 0.143. The summed E-state index contributed by atoms with van der Waals surface area (Å²) in [6.45, 7) is 2.25. The van der Waals surface area contributed by atoms with Crippen molar-refractivity contribution in [1.29, 1.82) is 0 Å². The summed E-state index contributed by atoms with van der Waals surface area (Å²) in [5, 5.41) is 16.4. The largest absolute Gasteiger partial charge is 0.858 e. The minimum atomic E-state index is -0.143. The standard InChI is InChI=1S/C15H21N3O2/c1-11(19)17-18(2,3)8-7-12-10-16-15-6-5-13(20-4)9-14(12)15/h5-6,9-10,16H,7-8H2,1-4H3. The number of likely N-dealkylation sites (N-methyl/N-ethyl adjacent to an activating group) is 1. The molecule has 0 saturated heterocycles. The van der Waals surface area contributed by atoms with Crippen molar-refractivity contribution in [2.45, 2.75) is 13.3 Å². The quantitative estimate of drug-likeness (QED) is 0.389. The fourth-order valence-corrected chi connectivity index (χ4v) is 2.32. The first-order valence-electron chi connectivity index (χ1n) is 6.62. The Balaban J connectivity index is 2.20. The third-order valence-electron chi connectivity index (χ3n) is 3.31. The number of fused-ring (bicyclic) bond motifs is 1. The molecule has 5 nitrogen and oxygen atoms in total. The van der Waals surface area contributed by atoms with Crippen molar-refractivity contribution in [3.63, 3.8) is 0 Å². The molecule has 108 valence electrons. The van der Waals surface area contributed by atoms with E-state index >= 15 is 0 Å². The molecule has 0 fully saturated rings. The fraction of sp³-hybridized carbons (Fsp3) is 0.400. The molecule has 5 heteroatoms. The molecule has 2 rings (SSSR count). The van der Waals surface area contributed by atoms with Gasteiger partial charge in [0.15, 0.2) is 0 Å². The van der Waals surface area contributed by atoms with E-state index in [0.717, 1.165) is 29.6 Å². The highest BCUT2D eigenvalue weighted by atomic mass is 16.5. The van der Waals surface area contributed by atoms with Crippen molar-refractivity contribution in [3.8, 4) is 5.75 Å². The second-order valence-corrected chi connectivity index (χ2v) is 5.44. The van der Waals surface area contributed by atoms with Crippen LogP contribution >= 0.6 is 0 Å². The van der Waals surface area contributed by atoms with Crippen molar-refractivity contribution in [3.05, 3.63) is 30.0 Å². The van der Waals surface area contributed by atoms with Gasteiger partial charge in [0.25, 0.3) is 0 Å². The smallest absolute Gasteiger partial charge is 0.119 e. The molecule has 1 heterocycles. The van der Waals surface area contributed by atoms with Crippen LogP contribution in [0, 0.1) is 0 Å². The summed E-state index contributed by atoms with van der Waals surface area (Å²) in [5.74, 6) is 0.705. The Kier molecular flexibility index (Phi) is 3.99. The van der Waals surface area contributed by atoms with E-state index in [1.165, 1.54) is 12.5 Å². The highest BCUT2D eigenvalue weighted by Gasteiger charge is 2.15. The van der Waals surface area contributed by atoms with Crippen LogP contribution in [0.2, 0.25) is 0 Å². The lowest BCUT2D eigenvalue weighted by molar-refractivity contribution is -0.898. The van der Waals surface area contributed by atoms with Crippen molar-refractivity contribution in [2.75, 3.05) is 27.7 Å². The molecule has 0 amide bonds. The summed E-state index contributed by atoms with van der Waals surface area (Å²) >= 11 is 0. The normalized spacial score (nSPS) is 12.9. The highest BCUT2D eigenvalue weighted by Crippen LogP contribution is 2.24. The van der Waals surface area contributed by atoms with Gasteiger partial charge in [-0.3, -0.25) is 0 Å². The van der Waals surface area contributed by atoms with Crippen LogP contribution in [0.1, 0.15) is 12.5 Å². The van der Waals surface area contributed by atoms with E-state index in [4.69, 9.17) is 4.74 Å². The third-order valence-corrected chi connectivity index (χ3v) is 3.31. The van der Waals surface area contributed by atoms with Gasteiger partial charge in [0.05, 0.1) is 21.2 Å². The topological polar surface area (TPSA) is 60.4 Å². The zero-order valence-corrected chi connectivity index (χ0v) is 12.4. The van der Waals surface area contributed by atoms with E-state index in [9.17, 15) is 5.11 Å². The first-order chi connectivity index (χ1) is 9.41. The number of aromatic nitrogens is 1. The fourth-order valence-electron chi connectivity index (χ4n) is 2.32. The summed E-state index contributed by atoms with van der Waals surface area (Å²) in [6, 6.07) is 5.98. The number of quaternary nitrogens is 1. The van der Waals surface area contributed by atoms with Crippen molar-refractivity contribution >= 4 is 16.8 Å². The van der Waals surface area contributed by atoms with Crippen LogP contribution in [0.15, 0.2) is 29.5 Å². The lowest BCUT2D eigenvalue weighted by Crippen LogP contribution is -2.38. The SMILES string of the molecule is COc1ccc2[nH]cc(CC[N+](C)(C)/N=C(/C)[O-])c2c1. The number of H-pyrrole nitrogens is 1. The lowest BCUT2D eigenvalue weighted by atomic mass is 10.1. The Morgan fingerprint density at radius 2 is 2.15 bits per heavy atom. The van der Waals surface area contributed by atoms with Crippen molar-refractivity contribution in [1.82, 2.24) is 4.98 Å². The molecule has 0 bridgehead atoms. The molecule has 0 radical (unpaired) electrons. The number of methoxy groups -OCH3 is 1. The average Bonchev–Trinajstić information content (AvgIpc) is 2.77. The van der Waals surface area contributed by atoms with Gasteiger partial charge in [0.2, 0.25) is 0 Å². The van der Waals surface area contributed by atoms with Gasteiger partial charge in [0, 0.05) is 29.4 Å². The van der Waals surface area contributed by atoms with E-state index in [-0.39, 0.29) is 5.90 Å².